The molecule has 1 aliphatic rings. The van der Waals surface area contributed by atoms with Crippen LogP contribution in [-0.2, 0) is 0 Å². The zero-order valence-electron chi connectivity index (χ0n) is 7.79. The highest BCUT2D eigenvalue weighted by atomic mass is 32.2. The van der Waals surface area contributed by atoms with E-state index < -0.39 is 0 Å². The quantitative estimate of drug-likeness (QED) is 0.592. The third-order valence-electron chi connectivity index (χ3n) is 2.32. The van der Waals surface area contributed by atoms with Crippen molar-refractivity contribution in [2.75, 3.05) is 24.6 Å². The van der Waals surface area contributed by atoms with Gasteiger partial charge in [0.2, 0.25) is 0 Å². The van der Waals surface area contributed by atoms with Crippen molar-refractivity contribution in [3.05, 3.63) is 24.0 Å². The molecule has 1 fully saturated rings. The van der Waals surface area contributed by atoms with Crippen molar-refractivity contribution in [1.82, 2.24) is 5.32 Å². The fourth-order valence-electron chi connectivity index (χ4n) is 1.28. The van der Waals surface area contributed by atoms with Crippen LogP contribution in [0.15, 0.2) is 23.1 Å². The molecule has 0 radical (unpaired) electrons. The van der Waals surface area contributed by atoms with Crippen molar-refractivity contribution in [1.29, 1.82) is 0 Å². The van der Waals surface area contributed by atoms with E-state index in [-0.39, 0.29) is 11.5 Å². The number of rotatable bonds is 3. The Balaban J connectivity index is 1.91. The van der Waals surface area contributed by atoms with Gasteiger partial charge in [-0.25, -0.2) is 4.39 Å². The van der Waals surface area contributed by atoms with Crippen molar-refractivity contribution in [3.63, 3.8) is 0 Å². The van der Waals surface area contributed by atoms with Gasteiger partial charge in [-0.1, -0.05) is 0 Å². The highest BCUT2D eigenvalue weighted by molar-refractivity contribution is 7.99. The lowest BCUT2D eigenvalue weighted by atomic mass is 10.1. The first-order valence-corrected chi connectivity index (χ1v) is 5.63. The van der Waals surface area contributed by atoms with Gasteiger partial charge in [0.25, 0.3) is 0 Å². The van der Waals surface area contributed by atoms with Gasteiger partial charge in [-0.2, -0.15) is 0 Å². The smallest absolute Gasteiger partial charge is 0.147 e. The number of thioether (sulfide) groups is 1. The van der Waals surface area contributed by atoms with Gasteiger partial charge in [-0.05, 0) is 37.2 Å². The number of nitrogens with two attached hydrogens (primary N) is 1. The molecule has 0 aromatic heterocycles. The molecule has 0 unspecified atom stereocenters. The average Bonchev–Trinajstić information content (AvgIpc) is 2.08. The predicted octanol–water partition coefficient (Wildman–Crippen LogP) is 1.72. The number of hydrogen-bond donors (Lipinski definition) is 2. The monoisotopic (exact) mass is 212 g/mol. The minimum Gasteiger partial charge on any atom is -0.396 e. The van der Waals surface area contributed by atoms with Crippen LogP contribution in [0.2, 0.25) is 0 Å². The minimum absolute atomic E-state index is 0.222. The predicted molar refractivity (Wildman–Crippen MR) is 57.9 cm³/mol. The second kappa shape index (κ2) is 4.19. The van der Waals surface area contributed by atoms with Crippen molar-refractivity contribution in [2.24, 2.45) is 5.92 Å². The standard InChI is InChI=1S/C10H13FN2S/c11-9-3-8(1-2-10(9)12)14-6-7-4-13-5-7/h1-3,7,13H,4-6,12H2. The summed E-state index contributed by atoms with van der Waals surface area (Å²) < 4.78 is 13.0. The Morgan fingerprint density at radius 1 is 1.50 bits per heavy atom. The van der Waals surface area contributed by atoms with E-state index in [9.17, 15) is 4.39 Å². The summed E-state index contributed by atoms with van der Waals surface area (Å²) in [6, 6.07) is 5.00. The van der Waals surface area contributed by atoms with Gasteiger partial charge in [0.05, 0.1) is 5.69 Å². The van der Waals surface area contributed by atoms with Crippen molar-refractivity contribution >= 4 is 17.4 Å². The first-order valence-electron chi connectivity index (χ1n) is 4.64. The summed E-state index contributed by atoms with van der Waals surface area (Å²) in [6.07, 6.45) is 0. The van der Waals surface area contributed by atoms with Crippen molar-refractivity contribution in [2.45, 2.75) is 4.90 Å². The van der Waals surface area contributed by atoms with Crippen LogP contribution in [0.1, 0.15) is 0 Å². The third kappa shape index (κ3) is 2.19. The van der Waals surface area contributed by atoms with Gasteiger partial charge < -0.3 is 11.1 Å². The first kappa shape index (κ1) is 9.80. The average molecular weight is 212 g/mol. The Labute approximate surface area is 87.1 Å². The Bertz CT molecular complexity index is 326. The molecule has 0 amide bonds. The third-order valence-corrected chi connectivity index (χ3v) is 3.55. The summed E-state index contributed by atoms with van der Waals surface area (Å²) in [5.41, 5.74) is 5.61. The van der Waals surface area contributed by atoms with E-state index >= 15 is 0 Å². The summed E-state index contributed by atoms with van der Waals surface area (Å²) in [7, 11) is 0. The fourth-order valence-corrected chi connectivity index (χ4v) is 2.29. The van der Waals surface area contributed by atoms with Gasteiger partial charge in [0.1, 0.15) is 5.82 Å². The Kier molecular flexibility index (Phi) is 2.93. The normalized spacial score (nSPS) is 16.6. The molecule has 1 aromatic carbocycles. The van der Waals surface area contributed by atoms with Gasteiger partial charge in [-0.15, -0.1) is 11.8 Å². The Morgan fingerprint density at radius 2 is 2.29 bits per heavy atom. The van der Waals surface area contributed by atoms with E-state index in [1.165, 1.54) is 6.07 Å². The molecule has 0 spiro atoms. The van der Waals surface area contributed by atoms with E-state index in [0.29, 0.717) is 0 Å². The zero-order valence-corrected chi connectivity index (χ0v) is 8.61. The van der Waals surface area contributed by atoms with E-state index in [2.05, 4.69) is 5.32 Å². The molecule has 76 valence electrons. The van der Waals surface area contributed by atoms with Gasteiger partial charge in [0, 0.05) is 10.6 Å². The maximum Gasteiger partial charge on any atom is 0.147 e. The molecule has 2 rings (SSSR count). The van der Waals surface area contributed by atoms with Gasteiger partial charge in [-0.3, -0.25) is 0 Å². The largest absolute Gasteiger partial charge is 0.396 e. The molecule has 0 aliphatic carbocycles. The van der Waals surface area contributed by atoms with Gasteiger partial charge in [0.15, 0.2) is 0 Å². The Morgan fingerprint density at radius 3 is 2.86 bits per heavy atom. The molecule has 2 nitrogen and oxygen atoms in total. The number of nitrogen functional groups attached to an aromatic ring is 1. The van der Waals surface area contributed by atoms with E-state index in [0.717, 1.165) is 29.7 Å². The molecule has 4 heteroatoms. The molecule has 1 aliphatic heterocycles. The molecule has 1 heterocycles. The van der Waals surface area contributed by atoms with E-state index in [4.69, 9.17) is 5.73 Å². The van der Waals surface area contributed by atoms with Crippen LogP contribution in [0.3, 0.4) is 0 Å². The summed E-state index contributed by atoms with van der Waals surface area (Å²) in [5, 5.41) is 3.21. The number of anilines is 1. The fraction of sp³-hybridized carbons (Fsp3) is 0.400. The molecule has 0 saturated carbocycles. The van der Waals surface area contributed by atoms with E-state index in [1.54, 1.807) is 17.8 Å². The van der Waals surface area contributed by atoms with Crippen LogP contribution < -0.4 is 11.1 Å². The first-order chi connectivity index (χ1) is 6.75. The highest BCUT2D eigenvalue weighted by Crippen LogP contribution is 2.24. The zero-order chi connectivity index (χ0) is 9.97. The van der Waals surface area contributed by atoms with Crippen LogP contribution >= 0.6 is 11.8 Å². The summed E-state index contributed by atoms with van der Waals surface area (Å²) in [5.74, 6) is 1.47. The van der Waals surface area contributed by atoms with Crippen molar-refractivity contribution < 1.29 is 4.39 Å². The number of benzene rings is 1. The van der Waals surface area contributed by atoms with Crippen LogP contribution in [0, 0.1) is 11.7 Å². The van der Waals surface area contributed by atoms with Crippen LogP contribution in [0.5, 0.6) is 0 Å². The van der Waals surface area contributed by atoms with Crippen LogP contribution in [0.25, 0.3) is 0 Å². The van der Waals surface area contributed by atoms with Gasteiger partial charge >= 0.3 is 0 Å². The lowest BCUT2D eigenvalue weighted by molar-refractivity contribution is 0.385. The molecular weight excluding hydrogens is 199 g/mol. The molecule has 0 bridgehead atoms. The SMILES string of the molecule is Nc1ccc(SCC2CNC2)cc1F. The number of hydrogen-bond acceptors (Lipinski definition) is 3. The maximum absolute atomic E-state index is 13.0. The number of halogens is 1. The maximum atomic E-state index is 13.0. The number of nitrogens with one attached hydrogen (secondary N) is 1. The molecule has 0 atom stereocenters. The highest BCUT2D eigenvalue weighted by Gasteiger charge is 2.16. The molecule has 3 N–H and O–H groups in total. The Hall–Kier alpha value is -0.740. The second-order valence-corrected chi connectivity index (χ2v) is 4.61. The van der Waals surface area contributed by atoms with Crippen LogP contribution in [-0.4, -0.2) is 18.8 Å². The lowest BCUT2D eigenvalue weighted by Gasteiger charge is -2.26. The molecular formula is C10H13FN2S. The van der Waals surface area contributed by atoms with Crippen LogP contribution in [0.4, 0.5) is 10.1 Å². The van der Waals surface area contributed by atoms with E-state index in [1.807, 2.05) is 6.07 Å². The lowest BCUT2D eigenvalue weighted by Crippen LogP contribution is -2.43. The summed E-state index contributed by atoms with van der Waals surface area (Å²) >= 11 is 1.69. The molecule has 1 saturated heterocycles. The molecule has 1 aromatic rings. The minimum atomic E-state index is -0.318. The summed E-state index contributed by atoms with van der Waals surface area (Å²) in [6.45, 7) is 2.18. The second-order valence-electron chi connectivity index (χ2n) is 3.52. The summed E-state index contributed by atoms with van der Waals surface area (Å²) in [4.78, 5) is 0.962. The van der Waals surface area contributed by atoms with Crippen molar-refractivity contribution in [3.8, 4) is 0 Å². The topological polar surface area (TPSA) is 38.0 Å². The molecule has 14 heavy (non-hydrogen) atoms.